The largest absolute Gasteiger partial charge is 0.329 e. The molecular formula is C17H24Cl3N3. The van der Waals surface area contributed by atoms with Crippen molar-refractivity contribution in [2.24, 2.45) is 11.7 Å². The monoisotopic (exact) mass is 375 g/mol. The number of halogens is 3. The molecule has 1 atom stereocenters. The second-order valence-electron chi connectivity index (χ2n) is 6.07. The van der Waals surface area contributed by atoms with Crippen molar-refractivity contribution in [3.05, 3.63) is 40.5 Å². The van der Waals surface area contributed by atoms with Crippen LogP contribution in [0.25, 0.3) is 10.9 Å². The lowest BCUT2D eigenvalue weighted by molar-refractivity contribution is 0.213. The minimum Gasteiger partial charge on any atom is -0.329 e. The van der Waals surface area contributed by atoms with Crippen molar-refractivity contribution in [1.29, 1.82) is 0 Å². The molecule has 0 bridgehead atoms. The molecule has 1 fully saturated rings. The Bertz CT molecular complexity index is 659. The van der Waals surface area contributed by atoms with Crippen LogP contribution >= 0.6 is 36.4 Å². The molecule has 128 valence electrons. The number of aryl methyl sites for hydroxylation is 1. The highest BCUT2D eigenvalue weighted by Crippen LogP contribution is 2.35. The summed E-state index contributed by atoms with van der Waals surface area (Å²) >= 11 is 6.54. The minimum atomic E-state index is 0. The van der Waals surface area contributed by atoms with Gasteiger partial charge in [-0.15, -0.1) is 24.8 Å². The van der Waals surface area contributed by atoms with Gasteiger partial charge in [0.15, 0.2) is 0 Å². The number of pyridine rings is 1. The number of hydrogen-bond acceptors (Lipinski definition) is 3. The summed E-state index contributed by atoms with van der Waals surface area (Å²) in [6.07, 6.45) is 2.59. The van der Waals surface area contributed by atoms with Crippen molar-refractivity contribution < 1.29 is 0 Å². The molecule has 0 radical (unpaired) electrons. The fourth-order valence-corrected chi connectivity index (χ4v) is 3.29. The molecule has 0 spiro atoms. The highest BCUT2D eigenvalue weighted by molar-refractivity contribution is 6.32. The van der Waals surface area contributed by atoms with E-state index in [1.54, 1.807) is 0 Å². The van der Waals surface area contributed by atoms with Gasteiger partial charge < -0.3 is 5.73 Å². The van der Waals surface area contributed by atoms with Gasteiger partial charge in [-0.25, -0.2) is 4.98 Å². The zero-order valence-corrected chi connectivity index (χ0v) is 15.8. The average Bonchev–Trinajstić information content (AvgIpc) is 3.30. The predicted octanol–water partition coefficient (Wildman–Crippen LogP) is 4.21. The van der Waals surface area contributed by atoms with Crippen LogP contribution in [0.4, 0.5) is 0 Å². The van der Waals surface area contributed by atoms with E-state index in [1.165, 1.54) is 12.8 Å². The van der Waals surface area contributed by atoms with E-state index in [-0.39, 0.29) is 24.8 Å². The first-order chi connectivity index (χ1) is 10.1. The molecular weight excluding hydrogens is 353 g/mol. The van der Waals surface area contributed by atoms with Gasteiger partial charge >= 0.3 is 0 Å². The minimum absolute atomic E-state index is 0. The summed E-state index contributed by atoms with van der Waals surface area (Å²) in [7, 11) is 2.12. The molecule has 23 heavy (non-hydrogen) atoms. The Morgan fingerprint density at radius 2 is 1.96 bits per heavy atom. The van der Waals surface area contributed by atoms with E-state index in [4.69, 9.17) is 22.3 Å². The summed E-state index contributed by atoms with van der Waals surface area (Å²) in [5.74, 6) is 0.750. The van der Waals surface area contributed by atoms with Crippen LogP contribution in [0.3, 0.4) is 0 Å². The van der Waals surface area contributed by atoms with E-state index < -0.39 is 0 Å². The zero-order valence-electron chi connectivity index (χ0n) is 13.5. The molecule has 3 rings (SSSR count). The number of likely N-dealkylation sites (N-methyl/N-ethyl adjacent to an activating group) is 1. The molecule has 1 aliphatic carbocycles. The van der Waals surface area contributed by atoms with Crippen LogP contribution < -0.4 is 5.73 Å². The van der Waals surface area contributed by atoms with E-state index in [0.29, 0.717) is 12.6 Å². The molecule has 0 saturated heterocycles. The summed E-state index contributed by atoms with van der Waals surface area (Å²) in [5, 5.41) is 1.92. The molecule has 6 heteroatoms. The Morgan fingerprint density at radius 3 is 2.57 bits per heavy atom. The first-order valence-corrected chi connectivity index (χ1v) is 7.93. The van der Waals surface area contributed by atoms with E-state index in [2.05, 4.69) is 24.9 Å². The van der Waals surface area contributed by atoms with Gasteiger partial charge in [-0.05, 0) is 44.4 Å². The first-order valence-electron chi connectivity index (χ1n) is 7.56. The molecule has 2 aromatic rings. The lowest BCUT2D eigenvalue weighted by Crippen LogP contribution is -2.39. The highest BCUT2D eigenvalue weighted by Gasteiger charge is 2.33. The summed E-state index contributed by atoms with van der Waals surface area (Å²) < 4.78 is 0. The first kappa shape index (κ1) is 20.5. The summed E-state index contributed by atoms with van der Waals surface area (Å²) in [6.45, 7) is 3.52. The molecule has 1 aromatic carbocycles. The van der Waals surface area contributed by atoms with Crippen LogP contribution in [0.1, 0.15) is 24.1 Å². The molecule has 1 aromatic heterocycles. The third kappa shape index (κ3) is 4.28. The van der Waals surface area contributed by atoms with Crippen LogP contribution in [0, 0.1) is 12.8 Å². The smallest absolute Gasteiger partial charge is 0.0740 e. The van der Waals surface area contributed by atoms with Gasteiger partial charge in [-0.2, -0.15) is 0 Å². The molecule has 3 nitrogen and oxygen atoms in total. The molecule has 1 aliphatic rings. The fourth-order valence-electron chi connectivity index (χ4n) is 3.09. The van der Waals surface area contributed by atoms with Gasteiger partial charge in [0.25, 0.3) is 0 Å². The lowest BCUT2D eigenvalue weighted by atomic mass is 10.1. The van der Waals surface area contributed by atoms with E-state index in [9.17, 15) is 0 Å². The number of rotatable bonds is 5. The third-order valence-corrected chi connectivity index (χ3v) is 5.02. The van der Waals surface area contributed by atoms with Crippen LogP contribution in [0.5, 0.6) is 0 Å². The maximum absolute atomic E-state index is 6.54. The second kappa shape index (κ2) is 8.50. The van der Waals surface area contributed by atoms with Gasteiger partial charge in [0.05, 0.1) is 16.2 Å². The molecule has 1 saturated carbocycles. The van der Waals surface area contributed by atoms with Crippen molar-refractivity contribution >= 4 is 47.3 Å². The Labute approximate surface area is 155 Å². The van der Waals surface area contributed by atoms with Gasteiger partial charge in [-0.1, -0.05) is 29.8 Å². The number of nitrogens with zero attached hydrogens (tertiary/aromatic N) is 2. The van der Waals surface area contributed by atoms with Gasteiger partial charge in [-0.3, -0.25) is 4.90 Å². The predicted molar refractivity (Wildman–Crippen MR) is 103 cm³/mol. The maximum Gasteiger partial charge on any atom is 0.0740 e. The quantitative estimate of drug-likeness (QED) is 0.850. The maximum atomic E-state index is 6.54. The number of aromatic nitrogens is 1. The van der Waals surface area contributed by atoms with Crippen molar-refractivity contribution in [1.82, 2.24) is 9.88 Å². The molecule has 0 aliphatic heterocycles. The zero-order chi connectivity index (χ0) is 15.0. The normalized spacial score (nSPS) is 15.2. The van der Waals surface area contributed by atoms with Crippen molar-refractivity contribution in [2.75, 3.05) is 13.6 Å². The average molecular weight is 377 g/mol. The Balaban J connectivity index is 0.00000132. The van der Waals surface area contributed by atoms with Gasteiger partial charge in [0, 0.05) is 24.5 Å². The van der Waals surface area contributed by atoms with Gasteiger partial charge in [0.2, 0.25) is 0 Å². The van der Waals surface area contributed by atoms with Crippen LogP contribution in [-0.2, 0) is 6.54 Å². The van der Waals surface area contributed by atoms with Crippen molar-refractivity contribution in [3.63, 3.8) is 0 Å². The topological polar surface area (TPSA) is 42.1 Å². The number of nitrogens with two attached hydrogens (primary N) is 1. The number of benzene rings is 1. The Morgan fingerprint density at radius 1 is 1.30 bits per heavy atom. The number of hydrogen-bond donors (Lipinski definition) is 1. The van der Waals surface area contributed by atoms with E-state index in [0.717, 1.165) is 39.6 Å². The Hall–Kier alpha value is -0.580. The summed E-state index contributed by atoms with van der Waals surface area (Å²) in [5.41, 5.74) is 9.01. The molecule has 2 N–H and O–H groups in total. The van der Waals surface area contributed by atoms with Gasteiger partial charge in [0.1, 0.15) is 0 Å². The van der Waals surface area contributed by atoms with Crippen molar-refractivity contribution in [2.45, 2.75) is 32.4 Å². The Kier molecular flexibility index (Phi) is 7.56. The molecule has 0 amide bonds. The second-order valence-corrected chi connectivity index (χ2v) is 6.45. The van der Waals surface area contributed by atoms with E-state index >= 15 is 0 Å². The number of para-hydroxylation sites is 1. The lowest BCUT2D eigenvalue weighted by Gasteiger charge is -2.27. The summed E-state index contributed by atoms with van der Waals surface area (Å²) in [4.78, 5) is 7.06. The van der Waals surface area contributed by atoms with Crippen LogP contribution in [0.2, 0.25) is 5.02 Å². The molecule has 1 heterocycles. The van der Waals surface area contributed by atoms with Crippen LogP contribution in [-0.4, -0.2) is 29.5 Å². The molecule has 1 unspecified atom stereocenters. The summed E-state index contributed by atoms with van der Waals surface area (Å²) in [6, 6.07) is 8.60. The fraction of sp³-hybridized carbons (Fsp3) is 0.471. The third-order valence-electron chi connectivity index (χ3n) is 4.52. The van der Waals surface area contributed by atoms with Crippen molar-refractivity contribution in [3.8, 4) is 0 Å². The highest BCUT2D eigenvalue weighted by atomic mass is 35.5. The van der Waals surface area contributed by atoms with E-state index in [1.807, 2.05) is 18.2 Å². The SMILES string of the molecule is Cc1c(Cl)c(CN(C)C(CN)C2CC2)nc2ccccc12.Cl.Cl. The number of fused-ring (bicyclic) bond motifs is 1. The standard InChI is InChI=1S/C17H22ClN3.2ClH/c1-11-13-5-3-4-6-14(13)20-15(17(11)18)10-21(2)16(9-19)12-7-8-12;;/h3-6,12,16H,7-10,19H2,1-2H3;2*1H. The van der Waals surface area contributed by atoms with Crippen LogP contribution in [0.15, 0.2) is 24.3 Å².